The highest BCUT2D eigenvalue weighted by Gasteiger charge is 2.28. The van der Waals surface area contributed by atoms with Crippen LogP contribution in [-0.2, 0) is 16.4 Å². The van der Waals surface area contributed by atoms with Crippen molar-refractivity contribution in [2.75, 3.05) is 37.0 Å². The van der Waals surface area contributed by atoms with Crippen molar-refractivity contribution in [3.05, 3.63) is 53.6 Å². The molecule has 1 heterocycles. The number of fused-ring (bicyclic) bond motifs is 1. The van der Waals surface area contributed by atoms with Gasteiger partial charge in [-0.3, -0.25) is 4.79 Å². The summed E-state index contributed by atoms with van der Waals surface area (Å²) in [5.74, 6) is -0.109. The molecule has 0 spiro atoms. The molecule has 156 valence electrons. The molecule has 7 heteroatoms. The van der Waals surface area contributed by atoms with Crippen LogP contribution in [0.25, 0.3) is 0 Å². The summed E-state index contributed by atoms with van der Waals surface area (Å²) in [6, 6.07) is 13.1. The number of amides is 1. The minimum absolute atomic E-state index is 0.109. The number of hydrogen-bond acceptors (Lipinski definition) is 4. The number of anilines is 2. The summed E-state index contributed by atoms with van der Waals surface area (Å²) < 4.78 is 26.1. The van der Waals surface area contributed by atoms with Crippen molar-refractivity contribution in [1.29, 1.82) is 0 Å². The van der Waals surface area contributed by atoms with Crippen LogP contribution in [0.4, 0.5) is 11.4 Å². The average molecular weight is 416 g/mol. The van der Waals surface area contributed by atoms with Gasteiger partial charge < -0.3 is 9.80 Å². The van der Waals surface area contributed by atoms with Crippen molar-refractivity contribution in [2.45, 2.75) is 38.1 Å². The maximum absolute atomic E-state index is 13.1. The van der Waals surface area contributed by atoms with Gasteiger partial charge in [0, 0.05) is 50.2 Å². The molecule has 0 radical (unpaired) electrons. The van der Waals surface area contributed by atoms with Gasteiger partial charge in [-0.25, -0.2) is 12.7 Å². The van der Waals surface area contributed by atoms with E-state index in [1.54, 1.807) is 17.0 Å². The van der Waals surface area contributed by atoms with Gasteiger partial charge in [0.1, 0.15) is 0 Å². The van der Waals surface area contributed by atoms with Gasteiger partial charge in [-0.05, 0) is 69.2 Å². The molecule has 2 aromatic carbocycles. The van der Waals surface area contributed by atoms with Crippen LogP contribution in [0.15, 0.2) is 47.4 Å². The Morgan fingerprint density at radius 3 is 2.31 bits per heavy atom. The quantitative estimate of drug-likeness (QED) is 0.726. The van der Waals surface area contributed by atoms with Gasteiger partial charge in [-0.1, -0.05) is 6.07 Å². The molecule has 0 bridgehead atoms. The van der Waals surface area contributed by atoms with Gasteiger partial charge in [-0.2, -0.15) is 0 Å². The van der Waals surface area contributed by atoms with E-state index in [4.69, 9.17) is 0 Å². The van der Waals surface area contributed by atoms with Crippen molar-refractivity contribution in [3.8, 4) is 0 Å². The topological polar surface area (TPSA) is 60.9 Å². The number of hydrogen-bond donors (Lipinski definition) is 0. The standard InChI is InChI=1S/C22H29N3O3S/c1-6-24(16(2)3)19-10-7-18(8-11-19)22(26)25-14-13-17-9-12-20(15-21(17)25)29(27,28)23(4)5/h7-12,15-16H,6,13-14H2,1-5H3. The first-order valence-electron chi connectivity index (χ1n) is 9.90. The van der Waals surface area contributed by atoms with Crippen LogP contribution in [0, 0.1) is 0 Å². The van der Waals surface area contributed by atoms with Crippen molar-refractivity contribution in [1.82, 2.24) is 4.31 Å². The van der Waals surface area contributed by atoms with Gasteiger partial charge in [-0.15, -0.1) is 0 Å². The number of nitrogens with zero attached hydrogens (tertiary/aromatic N) is 3. The predicted octanol–water partition coefficient (Wildman–Crippen LogP) is 3.37. The summed E-state index contributed by atoms with van der Waals surface area (Å²) in [4.78, 5) is 17.3. The number of rotatable bonds is 6. The van der Waals surface area contributed by atoms with Crippen molar-refractivity contribution in [3.63, 3.8) is 0 Å². The highest BCUT2D eigenvalue weighted by molar-refractivity contribution is 7.89. The number of carbonyl (C=O) groups is 1. The van der Waals surface area contributed by atoms with Gasteiger partial charge in [0.25, 0.3) is 5.91 Å². The van der Waals surface area contributed by atoms with Gasteiger partial charge >= 0.3 is 0 Å². The Bertz CT molecular complexity index is 998. The molecule has 3 rings (SSSR count). The monoisotopic (exact) mass is 415 g/mol. The molecule has 0 aliphatic carbocycles. The smallest absolute Gasteiger partial charge is 0.258 e. The summed E-state index contributed by atoms with van der Waals surface area (Å²) in [5, 5.41) is 0. The summed E-state index contributed by atoms with van der Waals surface area (Å²) in [5.41, 5.74) is 3.35. The molecule has 0 saturated carbocycles. The summed E-state index contributed by atoms with van der Waals surface area (Å²) in [7, 11) is -0.541. The second-order valence-electron chi connectivity index (χ2n) is 7.71. The van der Waals surface area contributed by atoms with Crippen LogP contribution in [0.3, 0.4) is 0 Å². The maximum atomic E-state index is 13.1. The van der Waals surface area contributed by atoms with Crippen LogP contribution < -0.4 is 9.80 Å². The van der Waals surface area contributed by atoms with E-state index in [1.165, 1.54) is 18.4 Å². The Balaban J connectivity index is 1.89. The van der Waals surface area contributed by atoms with Crippen LogP contribution >= 0.6 is 0 Å². The normalized spacial score (nSPS) is 13.8. The zero-order chi connectivity index (χ0) is 21.3. The molecular formula is C22H29N3O3S. The molecule has 0 aromatic heterocycles. The van der Waals surface area contributed by atoms with E-state index >= 15 is 0 Å². The second kappa shape index (κ2) is 8.16. The lowest BCUT2D eigenvalue weighted by Gasteiger charge is -2.27. The summed E-state index contributed by atoms with van der Waals surface area (Å²) >= 11 is 0. The minimum Gasteiger partial charge on any atom is -0.369 e. The molecular weight excluding hydrogens is 386 g/mol. The number of carbonyl (C=O) groups excluding carboxylic acids is 1. The van der Waals surface area contributed by atoms with E-state index in [2.05, 4.69) is 25.7 Å². The number of benzene rings is 2. The molecule has 1 aliphatic rings. The fourth-order valence-corrected chi connectivity index (χ4v) is 4.66. The first kappa shape index (κ1) is 21.3. The van der Waals surface area contributed by atoms with Crippen molar-refractivity contribution >= 4 is 27.3 Å². The van der Waals surface area contributed by atoms with Gasteiger partial charge in [0.15, 0.2) is 0 Å². The lowest BCUT2D eigenvalue weighted by molar-refractivity contribution is 0.0989. The van der Waals surface area contributed by atoms with Crippen LogP contribution in [0.1, 0.15) is 36.7 Å². The fraction of sp³-hybridized carbons (Fsp3) is 0.409. The molecule has 0 N–H and O–H groups in total. The van der Waals surface area contributed by atoms with E-state index in [-0.39, 0.29) is 10.8 Å². The van der Waals surface area contributed by atoms with Crippen molar-refractivity contribution in [2.24, 2.45) is 0 Å². The maximum Gasteiger partial charge on any atom is 0.258 e. The predicted molar refractivity (Wildman–Crippen MR) is 117 cm³/mol. The Labute approximate surface area is 173 Å². The zero-order valence-corrected chi connectivity index (χ0v) is 18.5. The third kappa shape index (κ3) is 4.02. The summed E-state index contributed by atoms with van der Waals surface area (Å²) in [6.45, 7) is 7.84. The fourth-order valence-electron chi connectivity index (χ4n) is 3.74. The Hall–Kier alpha value is -2.38. The third-order valence-electron chi connectivity index (χ3n) is 5.39. The molecule has 0 atom stereocenters. The molecule has 0 fully saturated rings. The largest absolute Gasteiger partial charge is 0.369 e. The van der Waals surface area contributed by atoms with Gasteiger partial charge in [0.2, 0.25) is 10.0 Å². The van der Waals surface area contributed by atoms with Crippen LogP contribution in [-0.4, -0.2) is 51.9 Å². The molecule has 1 aliphatic heterocycles. The third-order valence-corrected chi connectivity index (χ3v) is 7.20. The molecule has 0 saturated heterocycles. The van der Waals surface area contributed by atoms with Crippen LogP contribution in [0.2, 0.25) is 0 Å². The van der Waals surface area contributed by atoms with E-state index in [0.29, 0.717) is 23.8 Å². The molecule has 0 unspecified atom stereocenters. The SMILES string of the molecule is CCN(c1ccc(C(=O)N2CCc3ccc(S(=O)(=O)N(C)C)cc32)cc1)C(C)C. The van der Waals surface area contributed by atoms with E-state index in [9.17, 15) is 13.2 Å². The van der Waals surface area contributed by atoms with E-state index in [1.807, 2.05) is 30.3 Å². The minimum atomic E-state index is -3.55. The molecule has 1 amide bonds. The first-order valence-corrected chi connectivity index (χ1v) is 11.3. The van der Waals surface area contributed by atoms with E-state index in [0.717, 1.165) is 24.2 Å². The summed E-state index contributed by atoms with van der Waals surface area (Å²) in [6.07, 6.45) is 0.721. The van der Waals surface area contributed by atoms with E-state index < -0.39 is 10.0 Å². The zero-order valence-electron chi connectivity index (χ0n) is 17.7. The lowest BCUT2D eigenvalue weighted by Crippen LogP contribution is -2.31. The van der Waals surface area contributed by atoms with Crippen molar-refractivity contribution < 1.29 is 13.2 Å². The Morgan fingerprint density at radius 1 is 1.10 bits per heavy atom. The van der Waals surface area contributed by atoms with Crippen LogP contribution in [0.5, 0.6) is 0 Å². The Kier molecular flexibility index (Phi) is 6.00. The lowest BCUT2D eigenvalue weighted by atomic mass is 10.1. The average Bonchev–Trinajstić information content (AvgIpc) is 3.11. The molecule has 6 nitrogen and oxygen atoms in total. The second-order valence-corrected chi connectivity index (χ2v) is 9.86. The Morgan fingerprint density at radius 2 is 1.76 bits per heavy atom. The highest BCUT2D eigenvalue weighted by Crippen LogP contribution is 2.32. The molecule has 29 heavy (non-hydrogen) atoms. The highest BCUT2D eigenvalue weighted by atomic mass is 32.2. The number of sulfonamides is 1. The molecule has 2 aromatic rings. The van der Waals surface area contributed by atoms with Gasteiger partial charge in [0.05, 0.1) is 4.90 Å². The first-order chi connectivity index (χ1) is 13.7.